The SMILES string of the molecule is CC1COc2ccccc2N1C(=O)C(Cl)Cl.CCOC(=O)COC(=O)c1cc(Oc2ccc(C(F)(F)F)cc2Cl)ccc1[N+](=O)[O-].CCc1cccc(C)c1N(C(=O)CCl)C(C)COC.CS(=O)(=O)c1ccc(C(=O)C2C(=O)CCCC2=O)c([N+](=O)[O-])c1.O=C(O)CNCP(=O)(O)O. The van der Waals surface area contributed by atoms with Crippen LogP contribution in [0.1, 0.15) is 84.4 Å². The summed E-state index contributed by atoms with van der Waals surface area (Å²) in [6, 6.07) is 21.5. The number of esters is 2. The fourth-order valence-electron chi connectivity index (χ4n) is 9.02. The average Bonchev–Trinajstić information content (AvgIpc) is 0.805. The molecule has 534 valence electrons. The van der Waals surface area contributed by atoms with Gasteiger partial charge in [-0.1, -0.05) is 72.1 Å². The number of aliphatic carboxylic acids is 1. The quantitative estimate of drug-likeness (QED) is 0.00951. The van der Waals surface area contributed by atoms with Crippen molar-refractivity contribution in [1.29, 1.82) is 0 Å². The van der Waals surface area contributed by atoms with Gasteiger partial charge in [-0.25, -0.2) is 18.0 Å². The van der Waals surface area contributed by atoms with Crippen LogP contribution in [0.15, 0.2) is 102 Å². The third-order valence-electron chi connectivity index (χ3n) is 13.3. The van der Waals surface area contributed by atoms with Gasteiger partial charge < -0.3 is 48.4 Å². The van der Waals surface area contributed by atoms with Crippen LogP contribution in [0.3, 0.4) is 0 Å². The maximum atomic E-state index is 12.7. The second kappa shape index (κ2) is 38.8. The van der Waals surface area contributed by atoms with E-state index in [9.17, 15) is 84.7 Å². The Morgan fingerprint density at radius 1 is 0.888 bits per heavy atom. The highest BCUT2D eigenvalue weighted by Gasteiger charge is 2.40. The van der Waals surface area contributed by atoms with Gasteiger partial charge in [0, 0.05) is 44.4 Å². The number of halogens is 7. The van der Waals surface area contributed by atoms with Crippen LogP contribution in [0.2, 0.25) is 5.02 Å². The number of benzene rings is 5. The van der Waals surface area contributed by atoms with Crippen molar-refractivity contribution < 1.29 is 113 Å². The lowest BCUT2D eigenvalue weighted by molar-refractivity contribution is -0.385. The first-order valence-corrected chi connectivity index (χ1v) is 34.2. The largest absolute Gasteiger partial charge is 0.489 e. The zero-order valence-corrected chi connectivity index (χ0v) is 57.9. The number of nitrogens with zero attached hydrogens (tertiary/aromatic N) is 4. The molecule has 4 N–H and O–H groups in total. The molecule has 5 aromatic carbocycles. The van der Waals surface area contributed by atoms with Gasteiger partial charge in [0.05, 0.1) is 80.4 Å². The molecule has 2 unspecified atom stereocenters. The standard InChI is InChI=1S/C18H13ClF3NO7.C15H22ClNO2.C14H13NO7S.C11H11Cl2NO2.C3H8NO5P/c1-2-28-16(24)9-29-17(25)12-8-11(4-5-14(12)23(26)27)30-15-6-3-10(7-13(15)19)18(20,21)22;1-5-13-8-6-7-11(2)15(13)17(14(18)9-16)12(3)10-19-4;1-23(21,22)8-5-6-9(10(7-8)15(19)20)14(18)13-11(16)3-2-4-12(13)17;1-7-6-16-9-5-3-2-4-8(9)14(7)11(15)10(12)13;5-3(6)1-4-2-10(7,8)9/h3-8H,2,9H2,1H3;6-8,12H,5,9-10H2,1-4H3;5-7,13H,2-4H2,1H3;2-5,7,10H,6H2,1H3;4H,1-2H2,(H,5,6)(H2,7,8,9). The van der Waals surface area contributed by atoms with Gasteiger partial charge >= 0.3 is 31.7 Å². The number of Topliss-reactive ketones (excluding diaryl/α,β-unsaturated/α-hetero) is 3. The maximum absolute atomic E-state index is 12.7. The van der Waals surface area contributed by atoms with Crippen molar-refractivity contribution in [2.75, 3.05) is 68.3 Å². The number of carboxylic acids is 1. The highest BCUT2D eigenvalue weighted by Crippen LogP contribution is 2.39. The van der Waals surface area contributed by atoms with E-state index in [-0.39, 0.29) is 70.6 Å². The fraction of sp³-hybridized carbons (Fsp3) is 0.377. The highest BCUT2D eigenvalue weighted by atomic mass is 35.5. The number of alkyl halides is 6. The summed E-state index contributed by atoms with van der Waals surface area (Å²) in [4.78, 5) is 132. The number of anilines is 2. The number of para-hydroxylation sites is 3. The summed E-state index contributed by atoms with van der Waals surface area (Å²) < 4.78 is 96.5. The second-order valence-corrected chi connectivity index (χ2v) is 26.2. The molecule has 37 heteroatoms. The van der Waals surface area contributed by atoms with Crippen LogP contribution in [0, 0.1) is 33.1 Å². The molecule has 1 aliphatic heterocycles. The van der Waals surface area contributed by atoms with Crippen molar-refractivity contribution in [1.82, 2.24) is 5.32 Å². The summed E-state index contributed by atoms with van der Waals surface area (Å²) in [7, 11) is -6.16. The van der Waals surface area contributed by atoms with Crippen molar-refractivity contribution in [3.05, 3.63) is 150 Å². The summed E-state index contributed by atoms with van der Waals surface area (Å²) in [5, 5.41) is 32.0. The van der Waals surface area contributed by atoms with E-state index in [4.69, 9.17) is 80.2 Å². The number of ether oxygens (including phenoxy) is 5. The zero-order valence-electron chi connectivity index (χ0n) is 53.1. The molecular weight excluding hydrogens is 1430 g/mol. The molecule has 28 nitrogen and oxygen atoms in total. The number of carbonyl (C=O) groups is 8. The number of methoxy groups -OCH3 is 1. The molecule has 2 atom stereocenters. The Kier molecular flexibility index (Phi) is 33.3. The van der Waals surface area contributed by atoms with Gasteiger partial charge in [0.25, 0.3) is 17.3 Å². The number of nitro benzene ring substituents is 2. The molecule has 1 saturated carbocycles. The third-order valence-corrected chi connectivity index (χ3v) is 16.0. The molecule has 2 amide bonds. The number of aryl methyl sites for hydroxylation is 2. The predicted octanol–water partition coefficient (Wildman–Crippen LogP) is 10.5. The minimum atomic E-state index is -4.61. The van der Waals surface area contributed by atoms with Gasteiger partial charge in [0.1, 0.15) is 41.2 Å². The minimum absolute atomic E-state index is 0.0223. The van der Waals surface area contributed by atoms with Crippen molar-refractivity contribution >= 4 is 134 Å². The summed E-state index contributed by atoms with van der Waals surface area (Å²) in [5.41, 5.74) is 0.603. The Morgan fingerprint density at radius 3 is 2.05 bits per heavy atom. The number of ketones is 3. The predicted molar refractivity (Wildman–Crippen MR) is 351 cm³/mol. The average molecular weight is 1500 g/mol. The molecule has 0 spiro atoms. The van der Waals surface area contributed by atoms with Gasteiger partial charge in [0.15, 0.2) is 38.6 Å². The van der Waals surface area contributed by atoms with Crippen LogP contribution in [0.25, 0.3) is 0 Å². The van der Waals surface area contributed by atoms with E-state index in [1.54, 1.807) is 16.9 Å². The van der Waals surface area contributed by atoms with Crippen LogP contribution >= 0.6 is 54.0 Å². The Balaban J connectivity index is 0.000000331. The van der Waals surface area contributed by atoms with Gasteiger partial charge in [0.2, 0.25) is 5.91 Å². The van der Waals surface area contributed by atoms with Crippen LogP contribution < -0.4 is 24.6 Å². The maximum Gasteiger partial charge on any atom is 0.416 e. The van der Waals surface area contributed by atoms with Crippen molar-refractivity contribution in [3.8, 4) is 17.2 Å². The topological polar surface area (TPSA) is 399 Å². The normalized spacial score (nSPS) is 13.9. The lowest BCUT2D eigenvalue weighted by Crippen LogP contribution is -2.47. The summed E-state index contributed by atoms with van der Waals surface area (Å²) in [6.07, 6.45) is -2.96. The number of carbonyl (C=O) groups excluding carboxylic acids is 7. The van der Waals surface area contributed by atoms with Crippen LogP contribution in [0.5, 0.6) is 17.2 Å². The smallest absolute Gasteiger partial charge is 0.416 e. The third kappa shape index (κ3) is 25.6. The monoisotopic (exact) mass is 1500 g/mol. The number of hydrogen-bond acceptors (Lipinski definition) is 21. The Bertz CT molecular complexity index is 3890. The molecule has 0 radical (unpaired) electrons. The van der Waals surface area contributed by atoms with E-state index in [0.29, 0.717) is 31.5 Å². The van der Waals surface area contributed by atoms with Crippen molar-refractivity contribution in [2.45, 2.75) is 88.3 Å². The number of amides is 2. The molecular formula is C61H67Cl4F3N5O23PS. The number of rotatable bonds is 22. The van der Waals surface area contributed by atoms with Gasteiger partial charge in [-0.15, -0.1) is 11.6 Å². The first-order valence-electron chi connectivity index (χ1n) is 28.7. The molecule has 0 bridgehead atoms. The van der Waals surface area contributed by atoms with Crippen molar-refractivity contribution in [2.24, 2.45) is 5.92 Å². The lowest BCUT2D eigenvalue weighted by Gasteiger charge is -2.35. The van der Waals surface area contributed by atoms with E-state index in [1.165, 1.54) is 6.92 Å². The summed E-state index contributed by atoms with van der Waals surface area (Å²) in [5.74, 6) is -6.85. The molecule has 0 aromatic heterocycles. The number of fused-ring (bicyclic) bond motifs is 1. The van der Waals surface area contributed by atoms with E-state index in [2.05, 4.69) is 23.0 Å². The Labute approximate surface area is 578 Å². The lowest BCUT2D eigenvalue weighted by atomic mass is 9.81. The van der Waals surface area contributed by atoms with E-state index in [0.717, 1.165) is 83.7 Å². The first-order chi connectivity index (χ1) is 45.7. The molecule has 5 aromatic rings. The Hall–Kier alpha value is -8.17. The number of sulfone groups is 1. The molecule has 1 fully saturated rings. The molecule has 0 saturated heterocycles. The molecule has 98 heavy (non-hydrogen) atoms. The number of hydrogen-bond donors (Lipinski definition) is 4. The summed E-state index contributed by atoms with van der Waals surface area (Å²) >= 11 is 22.8. The van der Waals surface area contributed by atoms with Crippen molar-refractivity contribution in [3.63, 3.8) is 0 Å². The van der Waals surface area contributed by atoms with Crippen LogP contribution in [-0.4, -0.2) is 156 Å². The van der Waals surface area contributed by atoms with E-state index < -0.39 is 127 Å². The molecule has 7 rings (SSSR count). The molecule has 1 aliphatic carbocycles. The summed E-state index contributed by atoms with van der Waals surface area (Å²) in [6.45, 7) is 9.29. The van der Waals surface area contributed by atoms with Gasteiger partial charge in [-0.2, -0.15) is 13.2 Å². The van der Waals surface area contributed by atoms with E-state index in [1.807, 2.05) is 57.2 Å². The fourth-order valence-corrected chi connectivity index (χ4v) is 10.6. The number of nitrogens with one attached hydrogen (secondary N) is 1. The molecule has 1 heterocycles. The second-order valence-electron chi connectivity index (χ2n) is 20.8. The molecule has 2 aliphatic rings. The van der Waals surface area contributed by atoms with Crippen LogP contribution in [-0.2, 0) is 70.0 Å². The van der Waals surface area contributed by atoms with Gasteiger partial charge in [-0.3, -0.25) is 58.9 Å². The van der Waals surface area contributed by atoms with Crippen LogP contribution in [0.4, 0.5) is 35.9 Å². The van der Waals surface area contributed by atoms with E-state index >= 15 is 0 Å². The highest BCUT2D eigenvalue weighted by molar-refractivity contribution is 7.90. The number of nitro groups is 2. The number of carboxylic acid groups (broad SMARTS) is 1. The van der Waals surface area contributed by atoms with Gasteiger partial charge in [-0.05, 0) is 100 Å². The Morgan fingerprint density at radius 2 is 1.52 bits per heavy atom. The first kappa shape index (κ1) is 84.1. The minimum Gasteiger partial charge on any atom is -0.489 e. The zero-order chi connectivity index (χ0) is 74.2.